The van der Waals surface area contributed by atoms with Gasteiger partial charge >= 0.3 is 0 Å². The fraction of sp³-hybridized carbons (Fsp3) is 0.412. The normalized spacial score (nSPS) is 13.6. The molecule has 0 saturated carbocycles. The Morgan fingerprint density at radius 2 is 1.93 bits per heavy atom. The first-order valence-corrected chi connectivity index (χ1v) is 10.3. The van der Waals surface area contributed by atoms with E-state index >= 15 is 0 Å². The van der Waals surface area contributed by atoms with E-state index < -0.39 is 31.9 Å². The third-order valence-electron chi connectivity index (χ3n) is 4.66. The number of carbonyl (C=O) groups is 1. The fourth-order valence-corrected chi connectivity index (χ4v) is 3.40. The number of rotatable bonds is 7. The Hall–Kier alpha value is -2.86. The zero-order valence-corrected chi connectivity index (χ0v) is 17.2. The lowest BCUT2D eigenvalue weighted by Crippen LogP contribution is -2.50. The van der Waals surface area contributed by atoms with Crippen molar-refractivity contribution in [3.8, 4) is 11.1 Å². The van der Waals surface area contributed by atoms with Crippen molar-refractivity contribution in [1.82, 2.24) is 20.0 Å². The van der Waals surface area contributed by atoms with Crippen molar-refractivity contribution in [2.24, 2.45) is 0 Å². The quantitative estimate of drug-likeness (QED) is 0.473. The van der Waals surface area contributed by atoms with Crippen LogP contribution in [0.3, 0.4) is 0 Å². The number of halogens is 1. The van der Waals surface area contributed by atoms with Crippen LogP contribution in [0, 0.1) is 5.82 Å². The summed E-state index contributed by atoms with van der Waals surface area (Å²) in [5, 5.41) is 8.84. The van der Waals surface area contributed by atoms with Crippen molar-refractivity contribution in [2.45, 2.75) is 24.6 Å². The number of sulfone groups is 1. The Morgan fingerprint density at radius 3 is 2.41 bits per heavy atom. The van der Waals surface area contributed by atoms with Crippen LogP contribution in [-0.2, 0) is 21.2 Å². The summed E-state index contributed by atoms with van der Waals surface area (Å²) in [6.07, 6.45) is 4.19. The number of hydrogen-bond acceptors (Lipinski definition) is 8. The minimum atomic E-state index is -3.93. The van der Waals surface area contributed by atoms with E-state index in [1.807, 2.05) is 0 Å². The first kappa shape index (κ1) is 22.4. The molecule has 2 aromatic heterocycles. The van der Waals surface area contributed by atoms with E-state index in [-0.39, 0.29) is 18.5 Å². The van der Waals surface area contributed by atoms with E-state index in [0.29, 0.717) is 11.5 Å². The molecule has 29 heavy (non-hydrogen) atoms. The zero-order chi connectivity index (χ0) is 22.0. The van der Waals surface area contributed by atoms with Gasteiger partial charge < -0.3 is 9.47 Å². The van der Waals surface area contributed by atoms with Crippen molar-refractivity contribution in [3.63, 3.8) is 0 Å². The highest BCUT2D eigenvalue weighted by atomic mass is 32.2. The topological polar surface area (TPSA) is 134 Å². The lowest BCUT2D eigenvalue weighted by molar-refractivity contribution is -0.131. The molecular weight excluding hydrogens is 405 g/mol. The van der Waals surface area contributed by atoms with Gasteiger partial charge in [-0.05, 0) is 13.3 Å². The molecule has 1 atom stereocenters. The summed E-state index contributed by atoms with van der Waals surface area (Å²) < 4.78 is 37.5. The molecule has 0 fully saturated rings. The van der Waals surface area contributed by atoms with Crippen molar-refractivity contribution in [3.05, 3.63) is 40.8 Å². The maximum Gasteiger partial charge on any atom is 0.264 e. The lowest BCUT2D eigenvalue weighted by Gasteiger charge is -2.25. The number of aryl methyl sites for hydroxylation is 1. The van der Waals surface area contributed by atoms with Crippen LogP contribution in [0.4, 0.5) is 10.3 Å². The van der Waals surface area contributed by atoms with Gasteiger partial charge in [-0.15, -0.1) is 0 Å². The van der Waals surface area contributed by atoms with Gasteiger partial charge in [-0.3, -0.25) is 14.8 Å². The predicted octanol–water partition coefficient (Wildman–Crippen LogP) is 0.209. The first-order valence-electron chi connectivity index (χ1n) is 8.44. The van der Waals surface area contributed by atoms with Gasteiger partial charge in [0.25, 0.3) is 11.5 Å². The van der Waals surface area contributed by atoms with Gasteiger partial charge in [0.1, 0.15) is 5.82 Å². The maximum atomic E-state index is 14.6. The van der Waals surface area contributed by atoms with E-state index in [0.717, 1.165) is 30.0 Å². The Bertz CT molecular complexity index is 1070. The largest absolute Gasteiger partial charge is 0.347 e. The molecular formula is C17H22FN5O5S. The van der Waals surface area contributed by atoms with E-state index in [2.05, 4.69) is 9.97 Å². The Kier molecular flexibility index (Phi) is 6.38. The molecule has 12 heteroatoms. The third-order valence-corrected chi connectivity index (χ3v) is 6.68. The average molecular weight is 427 g/mol. The number of anilines is 1. The highest BCUT2D eigenvalue weighted by Gasteiger charge is 2.43. The smallest absolute Gasteiger partial charge is 0.264 e. The van der Waals surface area contributed by atoms with Crippen molar-refractivity contribution in [1.29, 1.82) is 0 Å². The van der Waals surface area contributed by atoms with Crippen LogP contribution in [0.1, 0.15) is 13.3 Å². The summed E-state index contributed by atoms with van der Waals surface area (Å²) in [6, 6.07) is 1.05. The maximum absolute atomic E-state index is 14.6. The number of amides is 1. The lowest BCUT2D eigenvalue weighted by atomic mass is 10.1. The van der Waals surface area contributed by atoms with Crippen LogP contribution in [-0.4, -0.2) is 59.2 Å². The molecule has 0 radical (unpaired) electrons. The number of pyridine rings is 1. The molecule has 2 heterocycles. The number of carbonyl (C=O) groups excluding carboxylic acids is 1. The molecule has 0 bridgehead atoms. The van der Waals surface area contributed by atoms with Crippen molar-refractivity contribution < 1.29 is 22.8 Å². The minimum absolute atomic E-state index is 0.00414. The first-order chi connectivity index (χ1) is 13.4. The Morgan fingerprint density at radius 1 is 1.34 bits per heavy atom. The van der Waals surface area contributed by atoms with Crippen LogP contribution in [0.15, 0.2) is 29.5 Å². The van der Waals surface area contributed by atoms with Gasteiger partial charge in [0.2, 0.25) is 5.95 Å². The van der Waals surface area contributed by atoms with Gasteiger partial charge in [-0.1, -0.05) is 0 Å². The summed E-state index contributed by atoms with van der Waals surface area (Å²) in [5.74, 6) is -1.45. The van der Waals surface area contributed by atoms with E-state index in [9.17, 15) is 22.4 Å². The summed E-state index contributed by atoms with van der Waals surface area (Å²) in [4.78, 5) is 34.1. The number of hydrogen-bond donors (Lipinski definition) is 2. The molecule has 158 valence electrons. The molecule has 0 aliphatic carbocycles. The number of hydroxylamine groups is 1. The second-order valence-corrected chi connectivity index (χ2v) is 9.37. The summed E-state index contributed by atoms with van der Waals surface area (Å²) in [7, 11) is -0.437. The number of nitrogens with zero attached hydrogens (tertiary/aromatic N) is 4. The average Bonchev–Trinajstić information content (AvgIpc) is 2.66. The van der Waals surface area contributed by atoms with Gasteiger partial charge in [0, 0.05) is 62.7 Å². The van der Waals surface area contributed by atoms with Gasteiger partial charge in [0.05, 0.1) is 0 Å². The predicted molar refractivity (Wildman–Crippen MR) is 104 cm³/mol. The van der Waals surface area contributed by atoms with E-state index in [1.165, 1.54) is 17.9 Å². The molecule has 10 nitrogen and oxygen atoms in total. The highest BCUT2D eigenvalue weighted by molar-refractivity contribution is 7.92. The van der Waals surface area contributed by atoms with Gasteiger partial charge in [-0.25, -0.2) is 28.3 Å². The molecule has 1 amide bonds. The van der Waals surface area contributed by atoms with Crippen molar-refractivity contribution >= 4 is 21.7 Å². The summed E-state index contributed by atoms with van der Waals surface area (Å²) in [5.41, 5.74) is 1.02. The molecule has 0 spiro atoms. The van der Waals surface area contributed by atoms with Crippen LogP contribution >= 0.6 is 0 Å². The third kappa shape index (κ3) is 4.59. The standard InChI is InChI=1S/C17H22FN5O5S/c1-17(15(25)21-26,29(4,27)28)5-6-23-10-13(18)12(7-14(23)24)11-8-19-16(20-9-11)22(2)3/h7-10,26H,5-6H2,1-4H3,(H,21,25). The van der Waals surface area contributed by atoms with Gasteiger partial charge in [-0.2, -0.15) is 0 Å². The molecule has 2 N–H and O–H groups in total. The number of nitrogens with one attached hydrogen (secondary N) is 1. The van der Waals surface area contributed by atoms with E-state index in [1.54, 1.807) is 19.0 Å². The minimum Gasteiger partial charge on any atom is -0.347 e. The van der Waals surface area contributed by atoms with Crippen LogP contribution < -0.4 is 15.9 Å². The second-order valence-electron chi connectivity index (χ2n) is 6.93. The summed E-state index contributed by atoms with van der Waals surface area (Å²) in [6.45, 7) is 0.858. The van der Waals surface area contributed by atoms with Crippen LogP contribution in [0.2, 0.25) is 0 Å². The highest BCUT2D eigenvalue weighted by Crippen LogP contribution is 2.23. The molecule has 0 saturated heterocycles. The van der Waals surface area contributed by atoms with Crippen molar-refractivity contribution in [2.75, 3.05) is 25.3 Å². The van der Waals surface area contributed by atoms with E-state index in [4.69, 9.17) is 5.21 Å². The molecule has 0 aromatic carbocycles. The number of aromatic nitrogens is 3. The molecule has 2 aromatic rings. The zero-order valence-electron chi connectivity index (χ0n) is 16.4. The molecule has 0 aliphatic rings. The SMILES string of the molecule is CN(C)c1ncc(-c2cc(=O)n(CCC(C)(C(=O)NO)S(C)(=O)=O)cc2F)cn1. The fourth-order valence-electron chi connectivity index (χ4n) is 2.55. The molecule has 2 rings (SSSR count). The van der Waals surface area contributed by atoms with Crippen LogP contribution in [0.25, 0.3) is 11.1 Å². The van der Waals surface area contributed by atoms with Gasteiger partial charge in [0.15, 0.2) is 14.6 Å². The monoisotopic (exact) mass is 427 g/mol. The molecule has 1 unspecified atom stereocenters. The second kappa shape index (κ2) is 8.25. The van der Waals surface area contributed by atoms with Crippen LogP contribution in [0.5, 0.6) is 0 Å². The summed E-state index contributed by atoms with van der Waals surface area (Å²) >= 11 is 0. The Balaban J connectivity index is 2.34. The Labute approximate surface area is 166 Å². The molecule has 0 aliphatic heterocycles.